The second-order valence-corrected chi connectivity index (χ2v) is 10.2. The fourth-order valence-electron chi connectivity index (χ4n) is 5.50. The quantitative estimate of drug-likeness (QED) is 0.316. The molecule has 1 amide bonds. The number of rotatable bonds is 9. The summed E-state index contributed by atoms with van der Waals surface area (Å²) in [6, 6.07) is 10.0. The number of hydrogen-bond acceptors (Lipinski definition) is 7. The number of nitrogens with zero attached hydrogens (tertiary/aromatic N) is 4. The zero-order chi connectivity index (χ0) is 30.0. The van der Waals surface area contributed by atoms with Gasteiger partial charge < -0.3 is 19.5 Å². The van der Waals surface area contributed by atoms with E-state index in [0.717, 1.165) is 39.2 Å². The van der Waals surface area contributed by atoms with E-state index in [0.29, 0.717) is 42.3 Å². The minimum Gasteiger partial charge on any atom is -0.493 e. The van der Waals surface area contributed by atoms with Gasteiger partial charge in [-0.15, -0.1) is 0 Å². The summed E-state index contributed by atoms with van der Waals surface area (Å²) < 4.78 is 20.0. The molecule has 11 heteroatoms. The highest BCUT2D eigenvalue weighted by Gasteiger charge is 2.23. The molecule has 0 radical (unpaired) electrons. The summed E-state index contributed by atoms with van der Waals surface area (Å²) in [5.74, 6) is 1.25. The van der Waals surface area contributed by atoms with Gasteiger partial charge in [0.1, 0.15) is 5.49 Å². The van der Waals surface area contributed by atoms with Crippen molar-refractivity contribution in [3.8, 4) is 28.5 Å². The molecule has 0 saturated heterocycles. The van der Waals surface area contributed by atoms with E-state index in [9.17, 15) is 9.59 Å². The monoisotopic (exact) mass is 572 g/mol. The second kappa shape index (κ2) is 12.0. The van der Waals surface area contributed by atoms with E-state index in [1.807, 2.05) is 45.9 Å². The number of amides is 1. The molecule has 1 aliphatic rings. The van der Waals surface area contributed by atoms with Crippen LogP contribution in [0.5, 0.6) is 17.2 Å². The highest BCUT2D eigenvalue weighted by molar-refractivity contribution is 5.94. The third kappa shape index (κ3) is 5.41. The maximum absolute atomic E-state index is 14.0. The zero-order valence-electron chi connectivity index (χ0n) is 24.8. The standard InChI is InChI=1S/C31H36N6O5/c1-7-42-25-14-21-8-10-36-23(22(21)15-24(25)40-5)16-27(34-28-19(3)12-18(2)13-20(28)4)37(31(36)39)11-9-32-30(38)29-26(41-6)17-33-35-29/h12-17H,7-11H2,1-6H3,(H,32,38)(H,33,35). The molecule has 0 aliphatic carbocycles. The number of aryl methyl sites for hydroxylation is 4. The number of nitrogens with one attached hydrogen (secondary N) is 2. The van der Waals surface area contributed by atoms with Gasteiger partial charge in [-0.1, -0.05) is 17.7 Å². The Labute approximate surface area is 243 Å². The third-order valence-electron chi connectivity index (χ3n) is 7.40. The lowest BCUT2D eigenvalue weighted by molar-refractivity contribution is 0.0944. The third-order valence-corrected chi connectivity index (χ3v) is 7.40. The molecule has 0 fully saturated rings. The number of fused-ring (bicyclic) bond motifs is 3. The average molecular weight is 573 g/mol. The summed E-state index contributed by atoms with van der Waals surface area (Å²) in [7, 11) is 3.08. The number of methoxy groups -OCH3 is 2. The summed E-state index contributed by atoms with van der Waals surface area (Å²) in [5, 5.41) is 9.38. The molecule has 2 aromatic heterocycles. The van der Waals surface area contributed by atoms with Gasteiger partial charge in [0.25, 0.3) is 5.91 Å². The van der Waals surface area contributed by atoms with Crippen molar-refractivity contribution in [2.45, 2.75) is 47.2 Å². The number of carbonyl (C=O) groups is 1. The predicted octanol–water partition coefficient (Wildman–Crippen LogP) is 3.60. The number of aromatic nitrogens is 4. The number of H-pyrrole nitrogens is 1. The van der Waals surface area contributed by atoms with Crippen molar-refractivity contribution in [2.75, 3.05) is 27.4 Å². The fraction of sp³-hybridized carbons (Fsp3) is 0.355. The van der Waals surface area contributed by atoms with Crippen molar-refractivity contribution in [2.24, 2.45) is 4.99 Å². The van der Waals surface area contributed by atoms with Gasteiger partial charge >= 0.3 is 5.69 Å². The van der Waals surface area contributed by atoms with Crippen molar-refractivity contribution in [1.29, 1.82) is 0 Å². The second-order valence-electron chi connectivity index (χ2n) is 10.2. The van der Waals surface area contributed by atoms with Crippen LogP contribution in [0.2, 0.25) is 0 Å². The topological polar surface area (TPSA) is 125 Å². The molecule has 3 heterocycles. The van der Waals surface area contributed by atoms with E-state index in [-0.39, 0.29) is 30.4 Å². The van der Waals surface area contributed by atoms with Crippen LogP contribution >= 0.6 is 0 Å². The number of aromatic amines is 1. The van der Waals surface area contributed by atoms with Crippen LogP contribution in [-0.4, -0.2) is 52.6 Å². The van der Waals surface area contributed by atoms with Gasteiger partial charge in [-0.25, -0.2) is 9.79 Å². The Morgan fingerprint density at radius 1 is 1.05 bits per heavy atom. The van der Waals surface area contributed by atoms with Crippen LogP contribution in [0.4, 0.5) is 5.69 Å². The lowest BCUT2D eigenvalue weighted by Crippen LogP contribution is -2.44. The summed E-state index contributed by atoms with van der Waals surface area (Å²) in [6.07, 6.45) is 2.10. The molecule has 42 heavy (non-hydrogen) atoms. The van der Waals surface area contributed by atoms with Crippen LogP contribution in [0.1, 0.15) is 39.7 Å². The zero-order valence-corrected chi connectivity index (χ0v) is 24.8. The number of hydrogen-bond donors (Lipinski definition) is 2. The van der Waals surface area contributed by atoms with Gasteiger partial charge in [-0.3, -0.25) is 19.0 Å². The molecule has 1 aliphatic heterocycles. The van der Waals surface area contributed by atoms with E-state index < -0.39 is 0 Å². The lowest BCUT2D eigenvalue weighted by Gasteiger charge is -2.25. The minimum absolute atomic E-state index is 0.191. The molecule has 11 nitrogen and oxygen atoms in total. The van der Waals surface area contributed by atoms with E-state index in [1.165, 1.54) is 13.3 Å². The molecule has 0 saturated carbocycles. The van der Waals surface area contributed by atoms with Crippen molar-refractivity contribution in [3.63, 3.8) is 0 Å². The molecule has 0 atom stereocenters. The molecule has 4 aromatic rings. The molecule has 220 valence electrons. The van der Waals surface area contributed by atoms with E-state index >= 15 is 0 Å². The number of ether oxygens (including phenoxy) is 3. The summed E-state index contributed by atoms with van der Waals surface area (Å²) in [4.78, 5) is 31.8. The first kappa shape index (κ1) is 28.7. The molecular formula is C31H36N6O5. The van der Waals surface area contributed by atoms with Crippen LogP contribution < -0.4 is 30.7 Å². The van der Waals surface area contributed by atoms with Crippen LogP contribution in [0.3, 0.4) is 0 Å². The van der Waals surface area contributed by atoms with Crippen molar-refractivity contribution >= 4 is 11.6 Å². The molecule has 0 unspecified atom stereocenters. The van der Waals surface area contributed by atoms with Crippen molar-refractivity contribution in [1.82, 2.24) is 24.6 Å². The Bertz CT molecular complexity index is 1760. The van der Waals surface area contributed by atoms with E-state index in [1.54, 1.807) is 16.2 Å². The summed E-state index contributed by atoms with van der Waals surface area (Å²) >= 11 is 0. The average Bonchev–Trinajstić information content (AvgIpc) is 3.45. The van der Waals surface area contributed by atoms with Crippen LogP contribution in [0.15, 0.2) is 46.3 Å². The fourth-order valence-corrected chi connectivity index (χ4v) is 5.50. The normalized spacial score (nSPS) is 12.5. The Hall–Kier alpha value is -4.80. The molecule has 2 aromatic carbocycles. The Kier molecular flexibility index (Phi) is 8.19. The van der Waals surface area contributed by atoms with E-state index in [4.69, 9.17) is 19.2 Å². The Morgan fingerprint density at radius 2 is 1.79 bits per heavy atom. The Balaban J connectivity index is 1.62. The highest BCUT2D eigenvalue weighted by atomic mass is 16.5. The van der Waals surface area contributed by atoms with Gasteiger partial charge in [0.15, 0.2) is 22.9 Å². The van der Waals surface area contributed by atoms with Gasteiger partial charge in [-0.05, 0) is 62.9 Å². The van der Waals surface area contributed by atoms with Gasteiger partial charge in [0, 0.05) is 31.3 Å². The van der Waals surface area contributed by atoms with E-state index in [2.05, 4.69) is 27.6 Å². The van der Waals surface area contributed by atoms with Gasteiger partial charge in [0.2, 0.25) is 0 Å². The SMILES string of the molecule is CCOc1cc2c(cc1OC)-c1cc(=Nc3c(C)cc(C)cc3C)n(CCNC(=O)c3[nH]ncc3OC)c(=O)n1CC2. The van der Waals surface area contributed by atoms with Crippen molar-refractivity contribution < 1.29 is 19.0 Å². The number of carbonyl (C=O) groups excluding carboxylic acids is 1. The molecule has 2 N–H and O–H groups in total. The Morgan fingerprint density at radius 3 is 2.48 bits per heavy atom. The van der Waals surface area contributed by atoms with Gasteiger partial charge in [0.05, 0.1) is 38.4 Å². The first-order chi connectivity index (χ1) is 20.2. The first-order valence-electron chi connectivity index (χ1n) is 13.9. The lowest BCUT2D eigenvalue weighted by atomic mass is 9.97. The summed E-state index contributed by atoms with van der Waals surface area (Å²) in [5.41, 5.74) is 7.22. The predicted molar refractivity (Wildman–Crippen MR) is 159 cm³/mol. The molecular weight excluding hydrogens is 536 g/mol. The minimum atomic E-state index is -0.377. The molecule has 5 rings (SSSR count). The molecule has 0 bridgehead atoms. The van der Waals surface area contributed by atoms with Crippen LogP contribution in [-0.2, 0) is 19.5 Å². The number of benzene rings is 2. The summed E-state index contributed by atoms with van der Waals surface area (Å²) in [6.45, 7) is 9.44. The molecule has 0 spiro atoms. The maximum atomic E-state index is 14.0. The van der Waals surface area contributed by atoms with Gasteiger partial charge in [-0.2, -0.15) is 5.10 Å². The maximum Gasteiger partial charge on any atom is 0.330 e. The van der Waals surface area contributed by atoms with Crippen LogP contribution in [0, 0.1) is 20.8 Å². The highest BCUT2D eigenvalue weighted by Crippen LogP contribution is 2.37. The first-order valence-corrected chi connectivity index (χ1v) is 13.9. The smallest absolute Gasteiger partial charge is 0.330 e. The van der Waals surface area contributed by atoms with Crippen LogP contribution in [0.25, 0.3) is 11.3 Å². The largest absolute Gasteiger partial charge is 0.493 e. The van der Waals surface area contributed by atoms with Crippen molar-refractivity contribution in [3.05, 3.63) is 80.4 Å².